The molecule has 1 aromatic rings. The van der Waals surface area contributed by atoms with E-state index in [4.69, 9.17) is 4.52 Å². The van der Waals surface area contributed by atoms with Crippen molar-refractivity contribution < 1.29 is 9.32 Å². The molecule has 5 heteroatoms. The molecule has 0 spiro atoms. The molecule has 1 aliphatic carbocycles. The van der Waals surface area contributed by atoms with Crippen molar-refractivity contribution >= 4 is 23.5 Å². The number of amides is 1. The first kappa shape index (κ1) is 18.4. The van der Waals surface area contributed by atoms with Crippen molar-refractivity contribution in [1.82, 2.24) is 5.16 Å². The molecule has 0 atom stereocenters. The number of thioether (sulfide) groups is 1. The molecule has 0 bridgehead atoms. The second kappa shape index (κ2) is 7.29. The molecule has 4 nitrogen and oxygen atoms in total. The Kier molecular flexibility index (Phi) is 5.82. The zero-order valence-corrected chi connectivity index (χ0v) is 15.9. The molecule has 0 saturated heterocycles. The highest BCUT2D eigenvalue weighted by Crippen LogP contribution is 2.33. The summed E-state index contributed by atoms with van der Waals surface area (Å²) < 4.78 is 4.87. The first-order valence-electron chi connectivity index (χ1n) is 8.61. The Balaban J connectivity index is 1.88. The van der Waals surface area contributed by atoms with Crippen molar-refractivity contribution in [3.63, 3.8) is 0 Å². The molecule has 2 rings (SSSR count). The van der Waals surface area contributed by atoms with Crippen LogP contribution >= 0.6 is 11.8 Å². The normalized spacial score (nSPS) is 17.3. The predicted molar refractivity (Wildman–Crippen MR) is 96.9 cm³/mol. The van der Waals surface area contributed by atoms with Crippen LogP contribution in [0.3, 0.4) is 0 Å². The molecule has 1 saturated carbocycles. The molecule has 0 aliphatic heterocycles. The lowest BCUT2D eigenvalue weighted by Gasteiger charge is -2.27. The minimum atomic E-state index is -0.460. The van der Waals surface area contributed by atoms with Crippen molar-refractivity contribution in [2.75, 3.05) is 11.1 Å². The quantitative estimate of drug-likeness (QED) is 0.820. The molecule has 1 aliphatic rings. The van der Waals surface area contributed by atoms with Crippen molar-refractivity contribution in [3.05, 3.63) is 11.8 Å². The highest BCUT2D eigenvalue weighted by Gasteiger charge is 2.31. The molecule has 0 aromatic carbocycles. The monoisotopic (exact) mass is 338 g/mol. The van der Waals surface area contributed by atoms with Crippen LogP contribution < -0.4 is 5.32 Å². The van der Waals surface area contributed by atoms with Gasteiger partial charge in [-0.2, -0.15) is 0 Å². The molecule has 1 fully saturated rings. The summed E-state index contributed by atoms with van der Waals surface area (Å²) in [5.74, 6) is 3.10. The van der Waals surface area contributed by atoms with Crippen LogP contribution in [0.25, 0.3) is 0 Å². The summed E-state index contributed by atoms with van der Waals surface area (Å²) >= 11 is 1.75. The first-order valence-corrected chi connectivity index (χ1v) is 9.59. The Morgan fingerprint density at radius 2 is 1.91 bits per heavy atom. The van der Waals surface area contributed by atoms with Gasteiger partial charge in [0, 0.05) is 11.5 Å². The van der Waals surface area contributed by atoms with Gasteiger partial charge in [-0.1, -0.05) is 45.2 Å². The predicted octanol–water partition coefficient (Wildman–Crippen LogP) is 5.00. The van der Waals surface area contributed by atoms with Gasteiger partial charge in [-0.25, -0.2) is 0 Å². The highest BCUT2D eigenvalue weighted by atomic mass is 32.2. The lowest BCUT2D eigenvalue weighted by Crippen LogP contribution is -2.35. The molecular weight excluding hydrogens is 308 g/mol. The van der Waals surface area contributed by atoms with Crippen molar-refractivity contribution in [2.45, 2.75) is 76.9 Å². The maximum Gasteiger partial charge on any atom is 0.241 e. The average molecular weight is 339 g/mol. The highest BCUT2D eigenvalue weighted by molar-refractivity contribution is 8.01. The number of nitrogens with zero attached hydrogens (tertiary/aromatic N) is 1. The zero-order chi connectivity index (χ0) is 17.1. The molecule has 23 heavy (non-hydrogen) atoms. The number of rotatable bonds is 5. The molecule has 0 unspecified atom stereocenters. The van der Waals surface area contributed by atoms with Crippen LogP contribution in [-0.2, 0) is 10.2 Å². The molecule has 1 aromatic heterocycles. The fraction of sp³-hybridized carbons (Fsp3) is 0.778. The summed E-state index contributed by atoms with van der Waals surface area (Å²) in [4.78, 5) is 12.6. The van der Waals surface area contributed by atoms with Gasteiger partial charge in [-0.3, -0.25) is 4.79 Å². The standard InChI is InChI=1S/C18H30N2O2S/c1-17(2,3)14-11-15(20-22-14)19-16(21)18(4,5)23-12-13-9-7-6-8-10-13/h11,13H,6-10,12H2,1-5H3,(H,19,20,21). The van der Waals surface area contributed by atoms with Crippen molar-refractivity contribution in [2.24, 2.45) is 5.92 Å². The van der Waals surface area contributed by atoms with Gasteiger partial charge in [0.1, 0.15) is 5.76 Å². The maximum atomic E-state index is 12.6. The first-order chi connectivity index (χ1) is 10.7. The second-order valence-corrected chi connectivity index (χ2v) is 9.75. The Labute approximate surface area is 144 Å². The number of anilines is 1. The van der Waals surface area contributed by atoms with Crippen LogP contribution in [0.4, 0.5) is 5.82 Å². The van der Waals surface area contributed by atoms with E-state index >= 15 is 0 Å². The molecule has 130 valence electrons. The van der Waals surface area contributed by atoms with E-state index < -0.39 is 4.75 Å². The van der Waals surface area contributed by atoms with E-state index in [-0.39, 0.29) is 11.3 Å². The number of carbonyl (C=O) groups excluding carboxylic acids is 1. The minimum absolute atomic E-state index is 0.00734. The van der Waals surface area contributed by atoms with E-state index in [1.165, 1.54) is 32.1 Å². The third kappa shape index (κ3) is 5.27. The van der Waals surface area contributed by atoms with Gasteiger partial charge >= 0.3 is 0 Å². The summed E-state index contributed by atoms with van der Waals surface area (Å²) in [6, 6.07) is 1.82. The summed E-state index contributed by atoms with van der Waals surface area (Å²) in [5.41, 5.74) is -0.110. The van der Waals surface area contributed by atoms with E-state index in [2.05, 4.69) is 31.2 Å². The van der Waals surface area contributed by atoms with Crippen molar-refractivity contribution in [3.8, 4) is 0 Å². The molecule has 0 radical (unpaired) electrons. The second-order valence-electron chi connectivity index (χ2n) is 8.11. The van der Waals surface area contributed by atoms with Crippen LogP contribution in [0.5, 0.6) is 0 Å². The number of hydrogen-bond acceptors (Lipinski definition) is 4. The Morgan fingerprint density at radius 1 is 1.26 bits per heavy atom. The van der Waals surface area contributed by atoms with E-state index in [1.54, 1.807) is 11.8 Å². The summed E-state index contributed by atoms with van der Waals surface area (Å²) in [5, 5.41) is 6.87. The summed E-state index contributed by atoms with van der Waals surface area (Å²) in [7, 11) is 0. The lowest BCUT2D eigenvalue weighted by atomic mass is 9.91. The van der Waals surface area contributed by atoms with Gasteiger partial charge in [0.05, 0.1) is 4.75 Å². The number of carbonyl (C=O) groups is 1. The zero-order valence-electron chi connectivity index (χ0n) is 15.1. The van der Waals surface area contributed by atoms with Crippen LogP contribution in [0.2, 0.25) is 0 Å². The van der Waals surface area contributed by atoms with Gasteiger partial charge in [-0.05, 0) is 38.4 Å². The average Bonchev–Trinajstić information content (AvgIpc) is 2.95. The molecule has 1 N–H and O–H groups in total. The molecule has 1 heterocycles. The Hall–Kier alpha value is -0.970. The summed E-state index contributed by atoms with van der Waals surface area (Å²) in [6.07, 6.45) is 6.66. The molecular formula is C18H30N2O2S. The fourth-order valence-corrected chi connectivity index (χ4v) is 3.87. The van der Waals surface area contributed by atoms with E-state index in [0.717, 1.165) is 17.4 Å². The fourth-order valence-electron chi connectivity index (χ4n) is 2.70. The lowest BCUT2D eigenvalue weighted by molar-refractivity contribution is -0.117. The third-order valence-electron chi connectivity index (χ3n) is 4.44. The van der Waals surface area contributed by atoms with Crippen LogP contribution in [-0.4, -0.2) is 21.6 Å². The topological polar surface area (TPSA) is 55.1 Å². The van der Waals surface area contributed by atoms with Crippen LogP contribution in [0.15, 0.2) is 10.6 Å². The smallest absolute Gasteiger partial charge is 0.241 e. The number of hydrogen-bond donors (Lipinski definition) is 1. The Morgan fingerprint density at radius 3 is 2.48 bits per heavy atom. The summed E-state index contributed by atoms with van der Waals surface area (Å²) in [6.45, 7) is 10.1. The van der Waals surface area contributed by atoms with E-state index in [9.17, 15) is 4.79 Å². The maximum absolute atomic E-state index is 12.6. The van der Waals surface area contributed by atoms with Crippen LogP contribution in [0.1, 0.15) is 72.5 Å². The van der Waals surface area contributed by atoms with Gasteiger partial charge in [0.15, 0.2) is 5.82 Å². The number of aromatic nitrogens is 1. The van der Waals surface area contributed by atoms with Crippen molar-refractivity contribution in [1.29, 1.82) is 0 Å². The van der Waals surface area contributed by atoms with E-state index in [0.29, 0.717) is 5.82 Å². The minimum Gasteiger partial charge on any atom is -0.359 e. The number of nitrogens with one attached hydrogen (secondary N) is 1. The Bertz CT molecular complexity index is 525. The SMILES string of the molecule is CC(C)(SCC1CCCCC1)C(=O)Nc1cc(C(C)(C)C)on1. The van der Waals surface area contributed by atoms with Gasteiger partial charge in [-0.15, -0.1) is 11.8 Å². The largest absolute Gasteiger partial charge is 0.359 e. The molecule has 1 amide bonds. The van der Waals surface area contributed by atoms with E-state index in [1.807, 2.05) is 19.9 Å². The van der Waals surface area contributed by atoms with Gasteiger partial charge < -0.3 is 9.84 Å². The van der Waals surface area contributed by atoms with Gasteiger partial charge in [0.2, 0.25) is 5.91 Å². The third-order valence-corrected chi connectivity index (χ3v) is 5.99. The van der Waals surface area contributed by atoms with Gasteiger partial charge in [0.25, 0.3) is 0 Å². The van der Waals surface area contributed by atoms with Crippen LogP contribution in [0, 0.1) is 5.92 Å².